The molecule has 2 aromatic carbocycles. The van der Waals surface area contributed by atoms with Gasteiger partial charge in [0.1, 0.15) is 0 Å². The number of nitrogens with one attached hydrogen (secondary N) is 1. The zero-order valence-corrected chi connectivity index (χ0v) is 15.6. The number of esters is 1. The second-order valence-electron chi connectivity index (χ2n) is 6.14. The molecule has 0 saturated carbocycles. The summed E-state index contributed by atoms with van der Waals surface area (Å²) in [5, 5.41) is 2.68. The Bertz CT molecular complexity index is 791. The maximum Gasteiger partial charge on any atom is 0.310 e. The van der Waals surface area contributed by atoms with Gasteiger partial charge in [0.15, 0.2) is 18.2 Å². The van der Waals surface area contributed by atoms with Gasteiger partial charge in [-0.15, -0.1) is 0 Å². The summed E-state index contributed by atoms with van der Waals surface area (Å²) in [5.74, 6) is -1.46. The van der Waals surface area contributed by atoms with Crippen LogP contribution in [0.3, 0.4) is 0 Å². The van der Waals surface area contributed by atoms with Crippen molar-refractivity contribution < 1.29 is 23.5 Å². The van der Waals surface area contributed by atoms with Crippen LogP contribution in [0.1, 0.15) is 11.1 Å². The molecule has 0 atom stereocenters. The van der Waals surface area contributed by atoms with Crippen LogP contribution in [-0.4, -0.2) is 39.7 Å². The first-order valence-corrected chi connectivity index (χ1v) is 8.40. The van der Waals surface area contributed by atoms with Crippen LogP contribution in [0, 0.1) is 5.82 Å². The van der Waals surface area contributed by atoms with E-state index >= 15 is 0 Å². The van der Waals surface area contributed by atoms with Crippen LogP contribution in [0.4, 0.5) is 10.1 Å². The molecule has 144 valence electrons. The number of rotatable bonds is 8. The van der Waals surface area contributed by atoms with Gasteiger partial charge >= 0.3 is 5.97 Å². The molecular weight excluding hydrogens is 351 g/mol. The third-order valence-corrected chi connectivity index (χ3v) is 3.87. The van der Waals surface area contributed by atoms with Crippen LogP contribution in [0.15, 0.2) is 42.5 Å². The Hall–Kier alpha value is -3.09. The summed E-state index contributed by atoms with van der Waals surface area (Å²) in [5.41, 5.74) is 2.45. The van der Waals surface area contributed by atoms with Crippen LogP contribution in [0.2, 0.25) is 0 Å². The van der Waals surface area contributed by atoms with Crippen LogP contribution >= 0.6 is 0 Å². The Morgan fingerprint density at radius 2 is 1.74 bits per heavy atom. The lowest BCUT2D eigenvalue weighted by Gasteiger charge is -2.13. The van der Waals surface area contributed by atoms with Crippen LogP contribution in [0.25, 0.3) is 0 Å². The van der Waals surface area contributed by atoms with Gasteiger partial charge in [-0.2, -0.15) is 0 Å². The Morgan fingerprint density at radius 1 is 1.07 bits per heavy atom. The normalized spacial score (nSPS) is 10.2. The van der Waals surface area contributed by atoms with E-state index in [1.165, 1.54) is 19.2 Å². The Balaban J connectivity index is 1.74. The van der Waals surface area contributed by atoms with Crippen molar-refractivity contribution in [2.45, 2.75) is 13.0 Å². The van der Waals surface area contributed by atoms with Gasteiger partial charge in [-0.05, 0) is 35.4 Å². The number of hydrogen-bond donors (Lipinski definition) is 1. The molecule has 2 rings (SSSR count). The van der Waals surface area contributed by atoms with Gasteiger partial charge in [0.05, 0.1) is 13.5 Å². The predicted molar refractivity (Wildman–Crippen MR) is 100 cm³/mol. The van der Waals surface area contributed by atoms with Gasteiger partial charge < -0.3 is 19.7 Å². The minimum absolute atomic E-state index is 0.102. The first-order valence-electron chi connectivity index (χ1n) is 8.40. The Kier molecular flexibility index (Phi) is 7.16. The summed E-state index contributed by atoms with van der Waals surface area (Å²) in [6.07, 6.45) is -0.125. The number of nitrogens with zero attached hydrogens (tertiary/aromatic N) is 1. The van der Waals surface area contributed by atoms with Crippen molar-refractivity contribution in [2.24, 2.45) is 0 Å². The van der Waals surface area contributed by atoms with E-state index in [0.29, 0.717) is 12.1 Å². The molecule has 1 N–H and O–H groups in total. The highest BCUT2D eigenvalue weighted by Gasteiger charge is 2.11. The van der Waals surface area contributed by atoms with Gasteiger partial charge in [0.2, 0.25) is 0 Å². The number of methoxy groups -OCH3 is 1. The molecule has 0 heterocycles. The number of carbonyl (C=O) groups excluding carboxylic acids is 2. The Labute approximate surface area is 157 Å². The molecule has 0 saturated heterocycles. The lowest BCUT2D eigenvalue weighted by molar-refractivity contribution is -0.147. The number of halogens is 1. The lowest BCUT2D eigenvalue weighted by Crippen LogP contribution is -2.28. The van der Waals surface area contributed by atoms with E-state index in [2.05, 4.69) is 5.32 Å². The SMILES string of the molecule is COc1ccc(CC(=O)OCC(=O)NCc2ccc(N(C)C)cc2)cc1F. The monoisotopic (exact) mass is 374 g/mol. The van der Waals surface area contributed by atoms with Crippen molar-refractivity contribution in [3.63, 3.8) is 0 Å². The van der Waals surface area contributed by atoms with Gasteiger partial charge in [0, 0.05) is 26.3 Å². The lowest BCUT2D eigenvalue weighted by atomic mass is 10.1. The van der Waals surface area contributed by atoms with Gasteiger partial charge in [-0.3, -0.25) is 9.59 Å². The summed E-state index contributed by atoms with van der Waals surface area (Å²) in [6.45, 7) is -0.0406. The number of ether oxygens (including phenoxy) is 2. The maximum atomic E-state index is 13.6. The minimum atomic E-state index is -0.606. The maximum absolute atomic E-state index is 13.6. The van der Waals surface area contributed by atoms with Crippen molar-refractivity contribution in [1.82, 2.24) is 5.32 Å². The summed E-state index contributed by atoms with van der Waals surface area (Å²) < 4.78 is 23.4. The third kappa shape index (κ3) is 6.29. The molecule has 0 aromatic heterocycles. The van der Waals surface area contributed by atoms with Crippen molar-refractivity contribution in [3.05, 3.63) is 59.4 Å². The summed E-state index contributed by atoms with van der Waals surface area (Å²) in [6, 6.07) is 12.0. The molecule has 6 nitrogen and oxygen atoms in total. The zero-order chi connectivity index (χ0) is 19.8. The van der Waals surface area contributed by atoms with Crippen LogP contribution in [-0.2, 0) is 27.3 Å². The molecule has 0 spiro atoms. The summed E-state index contributed by atoms with van der Waals surface area (Å²) in [7, 11) is 5.26. The minimum Gasteiger partial charge on any atom is -0.494 e. The fourth-order valence-electron chi connectivity index (χ4n) is 2.35. The molecule has 1 amide bonds. The zero-order valence-electron chi connectivity index (χ0n) is 15.6. The molecule has 0 aliphatic heterocycles. The van der Waals surface area contributed by atoms with E-state index in [9.17, 15) is 14.0 Å². The molecule has 0 aliphatic rings. The highest BCUT2D eigenvalue weighted by atomic mass is 19.1. The second kappa shape index (κ2) is 9.56. The van der Waals surface area contributed by atoms with Crippen LogP contribution in [0.5, 0.6) is 5.75 Å². The fraction of sp³-hybridized carbons (Fsp3) is 0.300. The number of carbonyl (C=O) groups is 2. The van der Waals surface area contributed by atoms with E-state index in [-0.39, 0.29) is 18.8 Å². The smallest absolute Gasteiger partial charge is 0.310 e. The molecule has 0 bridgehead atoms. The standard InChI is InChI=1S/C20H23FN2O4/c1-23(2)16-7-4-14(5-8-16)12-22-19(24)13-27-20(25)11-15-6-9-18(26-3)17(21)10-15/h4-10H,11-13H2,1-3H3,(H,22,24). The highest BCUT2D eigenvalue weighted by Crippen LogP contribution is 2.18. The molecule has 27 heavy (non-hydrogen) atoms. The van der Waals surface area contributed by atoms with Gasteiger partial charge in [-0.1, -0.05) is 18.2 Å². The number of benzene rings is 2. The van der Waals surface area contributed by atoms with E-state index < -0.39 is 17.7 Å². The molecule has 0 unspecified atom stereocenters. The molecule has 0 fully saturated rings. The topological polar surface area (TPSA) is 67.9 Å². The first kappa shape index (κ1) is 20.2. The fourth-order valence-corrected chi connectivity index (χ4v) is 2.35. The summed E-state index contributed by atoms with van der Waals surface area (Å²) in [4.78, 5) is 25.6. The number of hydrogen-bond acceptors (Lipinski definition) is 5. The largest absolute Gasteiger partial charge is 0.494 e. The number of anilines is 1. The van der Waals surface area contributed by atoms with E-state index in [1.54, 1.807) is 6.07 Å². The van der Waals surface area contributed by atoms with Crippen molar-refractivity contribution in [1.29, 1.82) is 0 Å². The van der Waals surface area contributed by atoms with Gasteiger partial charge in [-0.25, -0.2) is 4.39 Å². The molecule has 7 heteroatoms. The van der Waals surface area contributed by atoms with Crippen LogP contribution < -0.4 is 15.0 Å². The first-order chi connectivity index (χ1) is 12.9. The molecule has 0 radical (unpaired) electrons. The van der Waals surface area contributed by atoms with Crippen molar-refractivity contribution in [3.8, 4) is 5.75 Å². The van der Waals surface area contributed by atoms with E-state index in [1.807, 2.05) is 43.3 Å². The second-order valence-corrected chi connectivity index (χ2v) is 6.14. The number of amides is 1. The average Bonchev–Trinajstić information content (AvgIpc) is 2.65. The van der Waals surface area contributed by atoms with Crippen molar-refractivity contribution >= 4 is 17.6 Å². The predicted octanol–water partition coefficient (Wildman–Crippen LogP) is 2.30. The Morgan fingerprint density at radius 3 is 2.33 bits per heavy atom. The molecule has 0 aliphatic carbocycles. The van der Waals surface area contributed by atoms with E-state index in [0.717, 1.165) is 11.3 Å². The third-order valence-electron chi connectivity index (χ3n) is 3.87. The quantitative estimate of drug-likeness (QED) is 0.718. The highest BCUT2D eigenvalue weighted by molar-refractivity contribution is 5.81. The van der Waals surface area contributed by atoms with E-state index in [4.69, 9.17) is 9.47 Å². The molecule has 2 aromatic rings. The average molecular weight is 374 g/mol. The summed E-state index contributed by atoms with van der Waals surface area (Å²) >= 11 is 0. The van der Waals surface area contributed by atoms with Crippen molar-refractivity contribution in [2.75, 3.05) is 32.7 Å². The van der Waals surface area contributed by atoms with Gasteiger partial charge in [0.25, 0.3) is 5.91 Å². The molecular formula is C20H23FN2O4.